The van der Waals surface area contributed by atoms with Gasteiger partial charge in [0.1, 0.15) is 23.8 Å². The minimum absolute atomic E-state index is 0.0544. The van der Waals surface area contributed by atoms with Crippen LogP contribution < -0.4 is 10.4 Å². The van der Waals surface area contributed by atoms with Crippen molar-refractivity contribution in [3.63, 3.8) is 0 Å². The number of aromatic nitrogens is 1. The molecular formula is C50H77NO10Si2. The van der Waals surface area contributed by atoms with Gasteiger partial charge in [-0.05, 0) is 40.0 Å². The number of oxazole rings is 1. The number of hydrogen-bond acceptors (Lipinski definition) is 10. The Morgan fingerprint density at radius 2 is 1.41 bits per heavy atom. The Hall–Kier alpha value is -3.54. The van der Waals surface area contributed by atoms with Crippen LogP contribution >= 0.6 is 0 Å². The first-order valence-corrected chi connectivity index (χ1v) is 27.0. The molecule has 2 N–H and O–H groups in total. The fourth-order valence-corrected chi connectivity index (χ4v) is 13.6. The Morgan fingerprint density at radius 3 is 1.90 bits per heavy atom. The number of carboxylic acids is 1. The maximum Gasteiger partial charge on any atom is 0.305 e. The van der Waals surface area contributed by atoms with Gasteiger partial charge in [0.05, 0.1) is 37.3 Å². The lowest BCUT2D eigenvalue weighted by Gasteiger charge is -2.44. The molecule has 1 aromatic heterocycles. The van der Waals surface area contributed by atoms with Crippen LogP contribution in [0.1, 0.15) is 106 Å². The van der Waals surface area contributed by atoms with Crippen LogP contribution in [0.3, 0.4) is 0 Å². The van der Waals surface area contributed by atoms with Crippen LogP contribution in [0.2, 0.25) is 23.2 Å². The zero-order valence-corrected chi connectivity index (χ0v) is 42.5. The molecule has 3 aromatic rings. The van der Waals surface area contributed by atoms with Crippen molar-refractivity contribution in [3.05, 3.63) is 103 Å². The molecule has 2 aromatic carbocycles. The summed E-state index contributed by atoms with van der Waals surface area (Å²) in [5, 5.41) is 23.3. The molecule has 0 spiro atoms. The number of carboxylic acid groups (broad SMARTS) is 1. The minimum Gasteiger partial charge on any atom is -0.481 e. The third kappa shape index (κ3) is 14.7. The monoisotopic (exact) mass is 908 g/mol. The van der Waals surface area contributed by atoms with Gasteiger partial charge in [0, 0.05) is 52.1 Å². The molecule has 0 aliphatic rings. The Labute approximate surface area is 379 Å². The lowest BCUT2D eigenvalue weighted by molar-refractivity contribution is -0.139. The zero-order chi connectivity index (χ0) is 47.2. The largest absolute Gasteiger partial charge is 0.481 e. The number of methoxy groups -OCH3 is 3. The molecule has 350 valence electrons. The number of rotatable bonds is 26. The summed E-state index contributed by atoms with van der Waals surface area (Å²) in [6.07, 6.45) is 7.41. The van der Waals surface area contributed by atoms with Crippen LogP contribution in [0.25, 0.3) is 0 Å². The molecule has 0 saturated carbocycles. The van der Waals surface area contributed by atoms with Gasteiger partial charge in [0.2, 0.25) is 5.89 Å². The van der Waals surface area contributed by atoms with Crippen LogP contribution in [0.15, 0.2) is 95.6 Å². The van der Waals surface area contributed by atoms with Gasteiger partial charge in [-0.25, -0.2) is 4.98 Å². The van der Waals surface area contributed by atoms with E-state index in [1.54, 1.807) is 35.2 Å². The molecule has 63 heavy (non-hydrogen) atoms. The Balaban J connectivity index is 1.63. The molecule has 1 heterocycles. The molecule has 6 atom stereocenters. The summed E-state index contributed by atoms with van der Waals surface area (Å²) in [6.45, 7) is 23.3. The number of aliphatic hydroxyl groups is 1. The van der Waals surface area contributed by atoms with E-state index in [9.17, 15) is 19.8 Å². The van der Waals surface area contributed by atoms with Crippen LogP contribution in [-0.2, 0) is 39.1 Å². The normalized spacial score (nSPS) is 16.2. The summed E-state index contributed by atoms with van der Waals surface area (Å²) in [5.74, 6) is -0.955. The van der Waals surface area contributed by atoms with E-state index in [2.05, 4.69) is 115 Å². The first kappa shape index (κ1) is 53.8. The highest BCUT2D eigenvalue weighted by molar-refractivity contribution is 6.99. The van der Waals surface area contributed by atoms with Crippen LogP contribution in [-0.4, -0.2) is 95.9 Å². The number of nitrogens with zero attached hydrogens (tertiary/aromatic N) is 1. The molecule has 0 aliphatic heterocycles. The molecule has 0 unspecified atom stereocenters. The first-order valence-electron chi connectivity index (χ1n) is 22.1. The van der Waals surface area contributed by atoms with E-state index in [0.29, 0.717) is 25.1 Å². The molecular weight excluding hydrogens is 831 g/mol. The van der Waals surface area contributed by atoms with E-state index in [-0.39, 0.29) is 59.1 Å². The van der Waals surface area contributed by atoms with Crippen molar-refractivity contribution in [1.29, 1.82) is 0 Å². The average Bonchev–Trinajstić information content (AvgIpc) is 3.68. The molecule has 0 amide bonds. The maximum absolute atomic E-state index is 13.8. The fourth-order valence-electron chi connectivity index (χ4n) is 7.59. The number of carbonyl (C=O) groups excluding carboxylic acids is 1. The highest BCUT2D eigenvalue weighted by Crippen LogP contribution is 2.39. The van der Waals surface area contributed by atoms with Crippen molar-refractivity contribution in [1.82, 2.24) is 4.98 Å². The quantitative estimate of drug-likeness (QED) is 0.0587. The number of ether oxygens (including phenoxy) is 3. The topological polar surface area (TPSA) is 147 Å². The van der Waals surface area contributed by atoms with Crippen molar-refractivity contribution in [2.75, 3.05) is 27.9 Å². The lowest BCUT2D eigenvalue weighted by atomic mass is 9.77. The Bertz CT molecular complexity index is 1860. The van der Waals surface area contributed by atoms with Crippen LogP contribution in [0.4, 0.5) is 0 Å². The summed E-state index contributed by atoms with van der Waals surface area (Å²) in [5.41, 5.74) is -0.569. The van der Waals surface area contributed by atoms with E-state index in [1.165, 1.54) is 16.6 Å². The van der Waals surface area contributed by atoms with Gasteiger partial charge in [-0.2, -0.15) is 0 Å². The van der Waals surface area contributed by atoms with Crippen LogP contribution in [0.5, 0.6) is 0 Å². The summed E-state index contributed by atoms with van der Waals surface area (Å²) < 4.78 is 36.8. The standard InChI is InChI=1S/C50H77NO10Si2/c1-36(34-60-63(49(5,6)7,39-25-19-16-20-26-39)40-27-21-17-22-28-40)43(58-12)32-44(52)50(8,9)45(53)33-46-51-41(35-59-46)42(57-11)29-23-15-18-24-37(56-10)30-38(31-47(54)55)61-62(13,14)48(2,3)4/h15-28,35-38,42-44,52H,29-34H2,1-14H3,(H,54,55)/b23-15+,24-18+/t36-,37-,38-,42-,43-,44-/m0/s1. The third-order valence-electron chi connectivity index (χ3n) is 12.8. The lowest BCUT2D eigenvalue weighted by Crippen LogP contribution is -2.67. The van der Waals surface area contributed by atoms with Crippen molar-refractivity contribution in [3.8, 4) is 0 Å². The average molecular weight is 908 g/mol. The summed E-state index contributed by atoms with van der Waals surface area (Å²) in [6, 6.07) is 21.0. The number of aliphatic carboxylic acids is 1. The first-order chi connectivity index (χ1) is 29.4. The second-order valence-corrected chi connectivity index (χ2v) is 28.9. The number of hydrogen-bond donors (Lipinski definition) is 2. The SMILES string of the molecule is CO[C@@H](C/C=C/C=C/[C@@H](C[C@@H](CC(=O)O)O[Si](C)(C)C(C)(C)C)OC)c1coc(CC(=O)C(C)(C)[C@@H](O)C[C@H](OC)[C@@H](C)CO[Si](c2ccccc2)(c2ccccc2)C(C)(C)C)n1. The molecule has 0 aliphatic carbocycles. The van der Waals surface area contributed by atoms with Gasteiger partial charge in [-0.1, -0.05) is 147 Å². The maximum atomic E-state index is 13.8. The highest BCUT2D eigenvalue weighted by Gasteiger charge is 2.50. The molecule has 0 saturated heterocycles. The number of ketones is 1. The Kier molecular flexibility index (Phi) is 20.1. The van der Waals surface area contributed by atoms with Crippen molar-refractivity contribution in [2.45, 2.75) is 148 Å². The van der Waals surface area contributed by atoms with Crippen molar-refractivity contribution >= 4 is 38.8 Å². The van der Waals surface area contributed by atoms with E-state index < -0.39 is 46.3 Å². The second-order valence-electron chi connectivity index (χ2n) is 19.8. The molecule has 11 nitrogen and oxygen atoms in total. The number of benzene rings is 2. The third-order valence-corrected chi connectivity index (χ3v) is 22.4. The van der Waals surface area contributed by atoms with Gasteiger partial charge in [0.15, 0.2) is 8.32 Å². The van der Waals surface area contributed by atoms with Gasteiger partial charge in [-0.15, -0.1) is 0 Å². The van der Waals surface area contributed by atoms with Crippen LogP contribution in [0, 0.1) is 11.3 Å². The predicted molar refractivity (Wildman–Crippen MR) is 256 cm³/mol. The summed E-state index contributed by atoms with van der Waals surface area (Å²) in [7, 11) is -0.146. The van der Waals surface area contributed by atoms with Crippen molar-refractivity contribution in [2.24, 2.45) is 11.3 Å². The zero-order valence-electron chi connectivity index (χ0n) is 40.5. The summed E-state index contributed by atoms with van der Waals surface area (Å²) in [4.78, 5) is 30.0. The molecule has 3 rings (SSSR count). The van der Waals surface area contributed by atoms with E-state index in [4.69, 9.17) is 27.5 Å². The smallest absolute Gasteiger partial charge is 0.305 e. The number of Topliss-reactive ketones (excluding diaryl/α,β-unsaturated/α-hetero) is 1. The van der Waals surface area contributed by atoms with Gasteiger partial charge in [-0.3, -0.25) is 9.59 Å². The fraction of sp³-hybridized carbons (Fsp3) is 0.580. The molecule has 0 fully saturated rings. The minimum atomic E-state index is -2.78. The van der Waals surface area contributed by atoms with E-state index in [1.807, 2.05) is 36.4 Å². The van der Waals surface area contributed by atoms with Gasteiger partial charge in [0.25, 0.3) is 8.32 Å². The van der Waals surface area contributed by atoms with Gasteiger partial charge >= 0.3 is 5.97 Å². The predicted octanol–water partition coefficient (Wildman–Crippen LogP) is 9.25. The van der Waals surface area contributed by atoms with Crippen molar-refractivity contribution < 1.29 is 47.3 Å². The van der Waals surface area contributed by atoms with E-state index in [0.717, 1.165) is 0 Å². The highest BCUT2D eigenvalue weighted by atomic mass is 28.4. The Morgan fingerprint density at radius 1 is 0.825 bits per heavy atom. The number of allylic oxidation sites excluding steroid dienone is 2. The van der Waals surface area contributed by atoms with E-state index >= 15 is 0 Å². The number of carbonyl (C=O) groups is 2. The molecule has 13 heteroatoms. The van der Waals surface area contributed by atoms with Gasteiger partial charge < -0.3 is 37.7 Å². The molecule has 0 radical (unpaired) electrons. The molecule has 0 bridgehead atoms. The number of aliphatic hydroxyl groups excluding tert-OH is 1. The summed E-state index contributed by atoms with van der Waals surface area (Å²) >= 11 is 0. The second kappa shape index (κ2) is 23.6.